The van der Waals surface area contributed by atoms with E-state index < -0.39 is 16.0 Å². The van der Waals surface area contributed by atoms with Crippen molar-refractivity contribution in [1.82, 2.24) is 3.97 Å². The number of fused-ring (bicyclic) bond motifs is 1. The highest BCUT2D eigenvalue weighted by atomic mass is 79.9. The summed E-state index contributed by atoms with van der Waals surface area (Å²) in [7, 11) is -2.41. The number of aromatic nitrogens is 1. The van der Waals surface area contributed by atoms with Gasteiger partial charge in [-0.3, -0.25) is 0 Å². The Morgan fingerprint density at radius 1 is 1.12 bits per heavy atom. The van der Waals surface area contributed by atoms with Crippen LogP contribution in [0, 0.1) is 0 Å². The maximum Gasteiger partial charge on any atom is 0.340 e. The fourth-order valence-corrected chi connectivity index (χ4v) is 4.26. The zero-order valence-corrected chi connectivity index (χ0v) is 15.2. The molecule has 3 rings (SSSR count). The molecule has 0 atom stereocenters. The Morgan fingerprint density at radius 3 is 2.46 bits per heavy atom. The molecule has 0 spiro atoms. The summed E-state index contributed by atoms with van der Waals surface area (Å²) in [6.07, 6.45) is 1.32. The van der Waals surface area contributed by atoms with Gasteiger partial charge in [0.2, 0.25) is 10.0 Å². The minimum absolute atomic E-state index is 0.167. The number of rotatable bonds is 4. The molecule has 0 aliphatic heterocycles. The maximum absolute atomic E-state index is 12.8. The highest BCUT2D eigenvalue weighted by Gasteiger charge is 2.22. The number of halogens is 1. The minimum Gasteiger partial charge on any atom is -0.465 e. The van der Waals surface area contributed by atoms with Crippen molar-refractivity contribution in [3.8, 4) is 0 Å². The van der Waals surface area contributed by atoms with Crippen molar-refractivity contribution in [1.29, 1.82) is 0 Å². The van der Waals surface area contributed by atoms with Crippen molar-refractivity contribution in [3.05, 3.63) is 70.3 Å². The van der Waals surface area contributed by atoms with Crippen molar-refractivity contribution in [3.63, 3.8) is 0 Å². The lowest BCUT2D eigenvalue weighted by Crippen LogP contribution is -2.14. The molecule has 0 saturated carbocycles. The van der Waals surface area contributed by atoms with Gasteiger partial charge in [0.05, 0.1) is 23.9 Å². The molecular formula is C17H14BrNO4S. The number of esters is 1. The zero-order valence-electron chi connectivity index (χ0n) is 12.8. The quantitative estimate of drug-likeness (QED) is 0.620. The SMILES string of the molecule is COC(=O)c1cn(S(=O)(=O)Cc2ccc(Br)cc2)c2ccccc12. The van der Waals surface area contributed by atoms with Crippen LogP contribution in [0.15, 0.2) is 59.2 Å². The monoisotopic (exact) mass is 407 g/mol. The Labute approximate surface area is 148 Å². The largest absolute Gasteiger partial charge is 0.465 e. The lowest BCUT2D eigenvalue weighted by atomic mass is 10.2. The molecule has 2 aromatic carbocycles. The van der Waals surface area contributed by atoms with Crippen molar-refractivity contribution in [2.45, 2.75) is 5.75 Å². The summed E-state index contributed by atoms with van der Waals surface area (Å²) in [5, 5.41) is 0.545. The molecule has 0 N–H and O–H groups in total. The van der Waals surface area contributed by atoms with E-state index in [0.29, 0.717) is 16.5 Å². The number of methoxy groups -OCH3 is 1. The molecule has 3 aromatic rings. The van der Waals surface area contributed by atoms with Gasteiger partial charge in [0.15, 0.2) is 0 Å². The maximum atomic E-state index is 12.8. The van der Waals surface area contributed by atoms with Crippen LogP contribution in [0.4, 0.5) is 0 Å². The van der Waals surface area contributed by atoms with E-state index in [-0.39, 0.29) is 11.3 Å². The van der Waals surface area contributed by atoms with E-state index in [0.717, 1.165) is 8.45 Å². The molecule has 24 heavy (non-hydrogen) atoms. The van der Waals surface area contributed by atoms with E-state index in [4.69, 9.17) is 4.74 Å². The molecule has 7 heteroatoms. The number of carbonyl (C=O) groups is 1. The number of nitrogens with zero attached hydrogens (tertiary/aromatic N) is 1. The van der Waals surface area contributed by atoms with E-state index in [1.54, 1.807) is 48.5 Å². The van der Waals surface area contributed by atoms with Crippen molar-refractivity contribution in [2.24, 2.45) is 0 Å². The molecule has 0 bridgehead atoms. The summed E-state index contributed by atoms with van der Waals surface area (Å²) in [6, 6.07) is 13.9. The molecule has 1 heterocycles. The molecule has 0 saturated heterocycles. The molecular weight excluding hydrogens is 394 g/mol. The third kappa shape index (κ3) is 3.09. The number of ether oxygens (including phenoxy) is 1. The van der Waals surface area contributed by atoms with Crippen LogP contribution >= 0.6 is 15.9 Å². The first-order valence-corrected chi connectivity index (χ1v) is 9.48. The first kappa shape index (κ1) is 16.7. The van der Waals surface area contributed by atoms with Crippen LogP contribution in [0.1, 0.15) is 15.9 Å². The van der Waals surface area contributed by atoms with Crippen LogP contribution in [0.3, 0.4) is 0 Å². The number of hydrogen-bond donors (Lipinski definition) is 0. The molecule has 124 valence electrons. The highest BCUT2D eigenvalue weighted by Crippen LogP contribution is 2.25. The fraction of sp³-hybridized carbons (Fsp3) is 0.118. The van der Waals surface area contributed by atoms with Crippen LogP contribution in [0.25, 0.3) is 10.9 Å². The lowest BCUT2D eigenvalue weighted by molar-refractivity contribution is 0.0603. The summed E-state index contributed by atoms with van der Waals surface area (Å²) in [4.78, 5) is 11.9. The fourth-order valence-electron chi connectivity index (χ4n) is 2.51. The van der Waals surface area contributed by atoms with Crippen molar-refractivity contribution >= 4 is 42.8 Å². The molecule has 5 nitrogen and oxygen atoms in total. The van der Waals surface area contributed by atoms with Crippen LogP contribution in [0.5, 0.6) is 0 Å². The second-order valence-electron chi connectivity index (χ2n) is 5.23. The summed E-state index contributed by atoms with van der Waals surface area (Å²) in [5.41, 5.74) is 1.35. The van der Waals surface area contributed by atoms with Crippen molar-refractivity contribution in [2.75, 3.05) is 7.11 Å². The normalized spacial score (nSPS) is 11.6. The van der Waals surface area contributed by atoms with Gasteiger partial charge in [-0.15, -0.1) is 0 Å². The third-order valence-corrected chi connectivity index (χ3v) is 5.77. The number of carbonyl (C=O) groups excluding carboxylic acids is 1. The molecule has 0 aliphatic rings. The van der Waals surface area contributed by atoms with Crippen LogP contribution < -0.4 is 0 Å². The molecule has 0 unspecified atom stereocenters. The van der Waals surface area contributed by atoms with Gasteiger partial charge in [-0.05, 0) is 23.8 Å². The summed E-state index contributed by atoms with van der Waals surface area (Å²) >= 11 is 3.32. The molecule has 0 radical (unpaired) electrons. The molecule has 0 aliphatic carbocycles. The topological polar surface area (TPSA) is 65.4 Å². The smallest absolute Gasteiger partial charge is 0.340 e. The lowest BCUT2D eigenvalue weighted by Gasteiger charge is -2.07. The minimum atomic E-state index is -3.68. The Hall–Kier alpha value is -2.12. The molecule has 0 fully saturated rings. The van der Waals surface area contributed by atoms with Crippen LogP contribution in [0.2, 0.25) is 0 Å². The Morgan fingerprint density at radius 2 is 1.79 bits per heavy atom. The number of hydrogen-bond acceptors (Lipinski definition) is 4. The zero-order chi connectivity index (χ0) is 17.3. The summed E-state index contributed by atoms with van der Waals surface area (Å²) in [6.45, 7) is 0. The van der Waals surface area contributed by atoms with Gasteiger partial charge in [-0.2, -0.15) is 0 Å². The Balaban J connectivity index is 2.10. The Kier molecular flexibility index (Phi) is 4.47. The van der Waals surface area contributed by atoms with Gasteiger partial charge >= 0.3 is 5.97 Å². The first-order valence-electron chi connectivity index (χ1n) is 7.08. The number of benzene rings is 2. The van der Waals surface area contributed by atoms with Gasteiger partial charge in [-0.25, -0.2) is 17.2 Å². The average Bonchev–Trinajstić information content (AvgIpc) is 2.97. The molecule has 1 aromatic heterocycles. The van der Waals surface area contributed by atoms with Crippen LogP contribution in [-0.4, -0.2) is 25.5 Å². The van der Waals surface area contributed by atoms with Gasteiger partial charge in [0.1, 0.15) is 0 Å². The summed E-state index contributed by atoms with van der Waals surface area (Å²) < 4.78 is 32.4. The first-order chi connectivity index (χ1) is 11.4. The van der Waals surface area contributed by atoms with E-state index in [1.165, 1.54) is 13.3 Å². The standard InChI is InChI=1S/C17H14BrNO4S/c1-23-17(20)15-10-19(16-5-3-2-4-14(15)16)24(21,22)11-12-6-8-13(18)9-7-12/h2-10H,11H2,1H3. The third-order valence-electron chi connectivity index (χ3n) is 3.65. The van der Waals surface area contributed by atoms with Gasteiger partial charge in [0.25, 0.3) is 0 Å². The second kappa shape index (κ2) is 6.41. The highest BCUT2D eigenvalue weighted by molar-refractivity contribution is 9.10. The van der Waals surface area contributed by atoms with Gasteiger partial charge in [0, 0.05) is 16.1 Å². The number of para-hydroxylation sites is 1. The van der Waals surface area contributed by atoms with E-state index >= 15 is 0 Å². The summed E-state index contributed by atoms with van der Waals surface area (Å²) in [5.74, 6) is -0.733. The van der Waals surface area contributed by atoms with Gasteiger partial charge < -0.3 is 4.74 Å². The van der Waals surface area contributed by atoms with Crippen LogP contribution in [-0.2, 0) is 20.5 Å². The molecule has 0 amide bonds. The predicted molar refractivity (Wildman–Crippen MR) is 95.4 cm³/mol. The predicted octanol–water partition coefficient (Wildman–Crippen LogP) is 3.57. The Bertz CT molecular complexity index is 1010. The van der Waals surface area contributed by atoms with E-state index in [1.807, 2.05) is 0 Å². The van der Waals surface area contributed by atoms with Crippen molar-refractivity contribution < 1.29 is 17.9 Å². The van der Waals surface area contributed by atoms with E-state index in [2.05, 4.69) is 15.9 Å². The van der Waals surface area contributed by atoms with E-state index in [9.17, 15) is 13.2 Å². The second-order valence-corrected chi connectivity index (χ2v) is 7.99. The average molecular weight is 408 g/mol. The van der Waals surface area contributed by atoms with Gasteiger partial charge in [-0.1, -0.05) is 46.3 Å².